The third-order valence-electron chi connectivity index (χ3n) is 7.65. The van der Waals surface area contributed by atoms with Crippen LogP contribution in [0.25, 0.3) is 0 Å². The normalized spacial score (nSPS) is 23.8. The minimum atomic E-state index is -0.0943. The molecule has 3 aliphatic heterocycles. The third kappa shape index (κ3) is 4.20. The van der Waals surface area contributed by atoms with Crippen molar-refractivity contribution in [2.75, 3.05) is 49.6 Å². The summed E-state index contributed by atoms with van der Waals surface area (Å²) in [5, 5.41) is 2.65. The fourth-order valence-electron chi connectivity index (χ4n) is 5.73. The highest BCUT2D eigenvalue weighted by atomic mass is 16.1. The first-order valence-corrected chi connectivity index (χ1v) is 12.2. The number of likely N-dealkylation sites (tertiary alicyclic amines) is 1. The molecule has 2 unspecified atom stereocenters. The molecular weight excluding hydrogens is 398 g/mol. The molecule has 3 aliphatic rings. The van der Waals surface area contributed by atoms with Gasteiger partial charge in [-0.1, -0.05) is 6.07 Å². The number of aromatic nitrogens is 1. The van der Waals surface area contributed by atoms with Gasteiger partial charge < -0.3 is 15.1 Å². The van der Waals surface area contributed by atoms with Crippen LogP contribution < -0.4 is 15.1 Å². The number of benzene rings is 1. The topological polar surface area (TPSA) is 51.7 Å². The zero-order valence-electron chi connectivity index (χ0n) is 19.4. The number of carbonyl (C=O) groups excluding carboxylic acids is 1. The van der Waals surface area contributed by atoms with Crippen LogP contribution in [0.15, 0.2) is 36.5 Å². The average molecular weight is 434 g/mol. The van der Waals surface area contributed by atoms with E-state index in [1.807, 2.05) is 12.1 Å². The number of anilines is 2. The van der Waals surface area contributed by atoms with Gasteiger partial charge in [0, 0.05) is 57.2 Å². The molecule has 2 atom stereocenters. The number of hydrogen-bond donors (Lipinski definition) is 1. The molecule has 6 nitrogen and oxygen atoms in total. The quantitative estimate of drug-likeness (QED) is 0.803. The van der Waals surface area contributed by atoms with Gasteiger partial charge in [-0.15, -0.1) is 0 Å². The van der Waals surface area contributed by atoms with E-state index in [0.29, 0.717) is 11.6 Å². The van der Waals surface area contributed by atoms with Crippen LogP contribution in [0.3, 0.4) is 0 Å². The lowest BCUT2D eigenvalue weighted by Crippen LogP contribution is -2.39. The Labute approximate surface area is 191 Å². The molecular formula is C26H35N5O. The predicted octanol–water partition coefficient (Wildman–Crippen LogP) is 3.11. The number of pyridine rings is 1. The molecule has 2 saturated heterocycles. The molecule has 0 spiro atoms. The van der Waals surface area contributed by atoms with E-state index in [0.717, 1.165) is 44.3 Å². The van der Waals surface area contributed by atoms with Crippen LogP contribution in [-0.2, 0) is 12.8 Å². The van der Waals surface area contributed by atoms with E-state index in [2.05, 4.69) is 50.1 Å². The first kappa shape index (κ1) is 21.3. The summed E-state index contributed by atoms with van der Waals surface area (Å²) in [5.74, 6) is 0.857. The number of fused-ring (bicyclic) bond motifs is 1. The van der Waals surface area contributed by atoms with Gasteiger partial charge in [0.2, 0.25) is 0 Å². The number of nitrogens with zero attached hydrogens (tertiary/aromatic N) is 4. The summed E-state index contributed by atoms with van der Waals surface area (Å²) < 4.78 is 0. The Morgan fingerprint density at radius 3 is 2.56 bits per heavy atom. The minimum Gasteiger partial charge on any atom is -0.370 e. The highest BCUT2D eigenvalue weighted by Crippen LogP contribution is 2.30. The van der Waals surface area contributed by atoms with Crippen LogP contribution in [0.5, 0.6) is 0 Å². The van der Waals surface area contributed by atoms with Gasteiger partial charge in [0.15, 0.2) is 0 Å². The first-order valence-electron chi connectivity index (χ1n) is 12.2. The van der Waals surface area contributed by atoms with Crippen LogP contribution in [0.2, 0.25) is 0 Å². The molecule has 0 radical (unpaired) electrons. The van der Waals surface area contributed by atoms with Crippen LogP contribution >= 0.6 is 0 Å². The minimum absolute atomic E-state index is 0.0943. The second-order valence-corrected chi connectivity index (χ2v) is 9.54. The highest BCUT2D eigenvalue weighted by Gasteiger charge is 2.33. The maximum absolute atomic E-state index is 11.8. The molecule has 2 fully saturated rings. The van der Waals surface area contributed by atoms with Crippen molar-refractivity contribution in [3.05, 3.63) is 53.2 Å². The second-order valence-electron chi connectivity index (χ2n) is 9.54. The van der Waals surface area contributed by atoms with E-state index < -0.39 is 0 Å². The van der Waals surface area contributed by atoms with E-state index in [4.69, 9.17) is 0 Å². The van der Waals surface area contributed by atoms with Gasteiger partial charge in [0.1, 0.15) is 5.82 Å². The average Bonchev–Trinajstić information content (AvgIpc) is 3.42. The molecule has 170 valence electrons. The standard InChI is InChI=1S/C26H35N5O/c1-19-4-3-12-31(19)24-11-15-30(18-24)23-7-5-20-9-13-29(14-10-21(20)16-23)25-8-6-22(17-28-25)26(32)27-2/h5-8,16-17,19,24H,3-4,9-15,18H2,1-2H3,(H,27,32). The lowest BCUT2D eigenvalue weighted by molar-refractivity contribution is 0.0962. The molecule has 6 heteroatoms. The monoisotopic (exact) mass is 433 g/mol. The molecule has 5 rings (SSSR count). The predicted molar refractivity (Wildman–Crippen MR) is 130 cm³/mol. The van der Waals surface area contributed by atoms with Gasteiger partial charge in [0.25, 0.3) is 5.91 Å². The summed E-state index contributed by atoms with van der Waals surface area (Å²) in [6.07, 6.45) is 7.73. The highest BCUT2D eigenvalue weighted by molar-refractivity contribution is 5.93. The zero-order chi connectivity index (χ0) is 22.1. The number of amides is 1. The summed E-state index contributed by atoms with van der Waals surface area (Å²) in [4.78, 5) is 24.0. The van der Waals surface area contributed by atoms with Crippen LogP contribution in [-0.4, -0.2) is 67.6 Å². The van der Waals surface area contributed by atoms with Crippen molar-refractivity contribution in [1.82, 2.24) is 15.2 Å². The maximum atomic E-state index is 11.8. The molecule has 0 saturated carbocycles. The van der Waals surface area contributed by atoms with Crippen molar-refractivity contribution in [2.45, 2.75) is 51.1 Å². The Balaban J connectivity index is 1.25. The Kier molecular flexibility index (Phi) is 6.05. The van der Waals surface area contributed by atoms with Gasteiger partial charge in [-0.2, -0.15) is 0 Å². The lowest BCUT2D eigenvalue weighted by atomic mass is 10.0. The van der Waals surface area contributed by atoms with E-state index >= 15 is 0 Å². The van der Waals surface area contributed by atoms with Gasteiger partial charge >= 0.3 is 0 Å². The maximum Gasteiger partial charge on any atom is 0.252 e. The van der Waals surface area contributed by atoms with Crippen molar-refractivity contribution in [3.63, 3.8) is 0 Å². The van der Waals surface area contributed by atoms with Crippen molar-refractivity contribution >= 4 is 17.4 Å². The molecule has 1 amide bonds. The molecule has 32 heavy (non-hydrogen) atoms. The second kappa shape index (κ2) is 9.10. The van der Waals surface area contributed by atoms with Crippen LogP contribution in [0.4, 0.5) is 11.5 Å². The molecule has 1 aromatic heterocycles. The van der Waals surface area contributed by atoms with E-state index in [9.17, 15) is 4.79 Å². The van der Waals surface area contributed by atoms with Crippen molar-refractivity contribution in [3.8, 4) is 0 Å². The summed E-state index contributed by atoms with van der Waals surface area (Å²) in [5.41, 5.74) is 4.93. The Morgan fingerprint density at radius 1 is 1.00 bits per heavy atom. The Morgan fingerprint density at radius 2 is 1.84 bits per heavy atom. The van der Waals surface area contributed by atoms with Crippen molar-refractivity contribution in [1.29, 1.82) is 0 Å². The summed E-state index contributed by atoms with van der Waals surface area (Å²) in [7, 11) is 1.64. The van der Waals surface area contributed by atoms with E-state index in [1.165, 1.54) is 49.2 Å². The molecule has 0 aliphatic carbocycles. The Bertz CT molecular complexity index is 959. The summed E-state index contributed by atoms with van der Waals surface area (Å²) >= 11 is 0. The fourth-order valence-corrected chi connectivity index (χ4v) is 5.73. The molecule has 2 aromatic rings. The van der Waals surface area contributed by atoms with Crippen LogP contribution in [0, 0.1) is 0 Å². The summed E-state index contributed by atoms with van der Waals surface area (Å²) in [6.45, 7) is 7.91. The number of nitrogens with one attached hydrogen (secondary N) is 1. The van der Waals surface area contributed by atoms with Gasteiger partial charge in [0.05, 0.1) is 5.56 Å². The Hall–Kier alpha value is -2.60. The van der Waals surface area contributed by atoms with E-state index in [1.54, 1.807) is 13.2 Å². The molecule has 4 heterocycles. The molecule has 1 aromatic carbocycles. The largest absolute Gasteiger partial charge is 0.370 e. The number of rotatable bonds is 4. The number of carbonyl (C=O) groups is 1. The van der Waals surface area contributed by atoms with E-state index in [-0.39, 0.29) is 5.91 Å². The van der Waals surface area contributed by atoms with Gasteiger partial charge in [-0.25, -0.2) is 4.98 Å². The lowest BCUT2D eigenvalue weighted by Gasteiger charge is -2.28. The first-order chi connectivity index (χ1) is 15.6. The van der Waals surface area contributed by atoms with Crippen molar-refractivity contribution < 1.29 is 4.79 Å². The van der Waals surface area contributed by atoms with Crippen molar-refractivity contribution in [2.24, 2.45) is 0 Å². The third-order valence-corrected chi connectivity index (χ3v) is 7.65. The summed E-state index contributed by atoms with van der Waals surface area (Å²) in [6, 6.07) is 12.4. The SMILES string of the molecule is CNC(=O)c1ccc(N2CCc3ccc(N4CCC(N5CCCC5C)C4)cc3CC2)nc1. The van der Waals surface area contributed by atoms with Crippen LogP contribution in [0.1, 0.15) is 47.7 Å². The van der Waals surface area contributed by atoms with Gasteiger partial charge in [-0.05, 0) is 81.0 Å². The number of hydrogen-bond acceptors (Lipinski definition) is 5. The molecule has 0 bridgehead atoms. The van der Waals surface area contributed by atoms with Gasteiger partial charge in [-0.3, -0.25) is 9.69 Å². The zero-order valence-corrected chi connectivity index (χ0v) is 19.4. The fraction of sp³-hybridized carbons (Fsp3) is 0.538. The molecule has 1 N–H and O–H groups in total. The smallest absolute Gasteiger partial charge is 0.252 e.